The number of oxime groups is 1. The number of hydrogen-bond donors (Lipinski definition) is 2. The van der Waals surface area contributed by atoms with Crippen LogP contribution in [0.1, 0.15) is 42.4 Å². The second-order valence-electron chi connectivity index (χ2n) is 8.39. The summed E-state index contributed by atoms with van der Waals surface area (Å²) < 4.78 is 0. The zero-order valence-electron chi connectivity index (χ0n) is 16.4. The van der Waals surface area contributed by atoms with Gasteiger partial charge in [-0.3, -0.25) is 4.79 Å². The zero-order valence-corrected chi connectivity index (χ0v) is 16.4. The van der Waals surface area contributed by atoms with Gasteiger partial charge in [-0.15, -0.1) is 0 Å². The molecule has 2 aliphatic heterocycles. The van der Waals surface area contributed by atoms with Gasteiger partial charge in [-0.1, -0.05) is 23.7 Å². The molecule has 0 radical (unpaired) electrons. The molecule has 3 aliphatic rings. The normalized spacial score (nSPS) is 28.6. The standard InChI is InChI=1S/C21H27N3O4/c1-13-5-6-15(8-14(13)2)18-9-17(28-23-18)10-22-20(27)24-11-16-4-3-7-21(16,12-24)19(25)26/h5-6,8,16-17H,3-4,7,9-12H2,1-2H3,(H,22,27)(H,25,26)/t16-,17?,21+/m0/s1. The number of amides is 2. The fourth-order valence-corrected chi connectivity index (χ4v) is 4.74. The van der Waals surface area contributed by atoms with Gasteiger partial charge in [0, 0.05) is 19.5 Å². The van der Waals surface area contributed by atoms with Crippen molar-refractivity contribution in [3.63, 3.8) is 0 Å². The van der Waals surface area contributed by atoms with Crippen LogP contribution in [0.4, 0.5) is 4.79 Å². The molecule has 7 heteroatoms. The summed E-state index contributed by atoms with van der Waals surface area (Å²) in [6.45, 7) is 5.33. The van der Waals surface area contributed by atoms with Gasteiger partial charge in [0.1, 0.15) is 0 Å². The van der Waals surface area contributed by atoms with Crippen LogP contribution in [-0.4, -0.2) is 53.5 Å². The van der Waals surface area contributed by atoms with Crippen molar-refractivity contribution in [2.24, 2.45) is 16.5 Å². The molecular formula is C21H27N3O4. The van der Waals surface area contributed by atoms with E-state index in [4.69, 9.17) is 4.84 Å². The van der Waals surface area contributed by atoms with Gasteiger partial charge in [0.2, 0.25) is 0 Å². The van der Waals surface area contributed by atoms with Crippen LogP contribution in [0.25, 0.3) is 0 Å². The number of benzene rings is 1. The summed E-state index contributed by atoms with van der Waals surface area (Å²) in [6, 6.07) is 6.01. The summed E-state index contributed by atoms with van der Waals surface area (Å²) in [5, 5.41) is 16.7. The molecule has 3 atom stereocenters. The lowest BCUT2D eigenvalue weighted by Gasteiger charge is -2.23. The Bertz CT molecular complexity index is 837. The Kier molecular flexibility index (Phi) is 4.77. The Labute approximate surface area is 164 Å². The Balaban J connectivity index is 1.30. The molecule has 2 N–H and O–H groups in total. The Hall–Kier alpha value is -2.57. The van der Waals surface area contributed by atoms with Gasteiger partial charge in [-0.2, -0.15) is 0 Å². The number of carbonyl (C=O) groups is 2. The van der Waals surface area contributed by atoms with Gasteiger partial charge >= 0.3 is 12.0 Å². The third-order valence-electron chi connectivity index (χ3n) is 6.64. The summed E-state index contributed by atoms with van der Waals surface area (Å²) in [5.41, 5.74) is 3.64. The summed E-state index contributed by atoms with van der Waals surface area (Å²) in [5.74, 6) is -0.700. The maximum atomic E-state index is 12.6. The lowest BCUT2D eigenvalue weighted by molar-refractivity contribution is -0.149. The van der Waals surface area contributed by atoms with Crippen LogP contribution in [-0.2, 0) is 9.63 Å². The Morgan fingerprint density at radius 1 is 1.36 bits per heavy atom. The van der Waals surface area contributed by atoms with Crippen LogP contribution >= 0.6 is 0 Å². The molecule has 28 heavy (non-hydrogen) atoms. The summed E-state index contributed by atoms with van der Waals surface area (Å²) in [7, 11) is 0. The molecule has 1 aromatic rings. The van der Waals surface area contributed by atoms with Crippen LogP contribution in [0, 0.1) is 25.2 Å². The second-order valence-corrected chi connectivity index (χ2v) is 8.39. The SMILES string of the molecule is Cc1ccc(C2=NOC(CNC(=O)N3C[C@@H]4CCC[C@@]4(C(=O)O)C3)C2)cc1C. The number of hydrogen-bond acceptors (Lipinski definition) is 4. The summed E-state index contributed by atoms with van der Waals surface area (Å²) >= 11 is 0. The molecule has 0 spiro atoms. The van der Waals surface area contributed by atoms with E-state index < -0.39 is 11.4 Å². The van der Waals surface area contributed by atoms with Crippen LogP contribution in [0.15, 0.2) is 23.4 Å². The average Bonchev–Trinajstić information content (AvgIpc) is 3.36. The molecule has 1 unspecified atom stereocenters. The molecule has 4 rings (SSSR count). The van der Waals surface area contributed by atoms with Crippen LogP contribution in [0.2, 0.25) is 0 Å². The van der Waals surface area contributed by atoms with E-state index in [0.717, 1.165) is 24.1 Å². The van der Waals surface area contributed by atoms with E-state index in [9.17, 15) is 14.7 Å². The number of urea groups is 1. The molecule has 1 aromatic carbocycles. The maximum Gasteiger partial charge on any atom is 0.317 e. The topological polar surface area (TPSA) is 91.2 Å². The fourth-order valence-electron chi connectivity index (χ4n) is 4.74. The highest BCUT2D eigenvalue weighted by atomic mass is 16.6. The Morgan fingerprint density at radius 3 is 2.89 bits per heavy atom. The summed E-state index contributed by atoms with van der Waals surface area (Å²) in [6.07, 6.45) is 2.92. The van der Waals surface area contributed by atoms with Crippen molar-refractivity contribution in [2.45, 2.75) is 45.6 Å². The summed E-state index contributed by atoms with van der Waals surface area (Å²) in [4.78, 5) is 31.5. The largest absolute Gasteiger partial charge is 0.481 e. The molecule has 2 fully saturated rings. The number of rotatable bonds is 4. The molecule has 150 valence electrons. The van der Waals surface area contributed by atoms with E-state index in [-0.39, 0.29) is 18.1 Å². The number of carboxylic acid groups (broad SMARTS) is 1. The number of fused-ring (bicyclic) bond motifs is 1. The minimum atomic E-state index is -0.768. The van der Waals surface area contributed by atoms with E-state index in [1.165, 1.54) is 11.1 Å². The smallest absolute Gasteiger partial charge is 0.317 e. The molecule has 2 heterocycles. The highest BCUT2D eigenvalue weighted by Crippen LogP contribution is 2.48. The third-order valence-corrected chi connectivity index (χ3v) is 6.64. The molecule has 0 bridgehead atoms. The number of aryl methyl sites for hydroxylation is 2. The van der Waals surface area contributed by atoms with Crippen molar-refractivity contribution >= 4 is 17.7 Å². The number of nitrogens with one attached hydrogen (secondary N) is 1. The van der Waals surface area contributed by atoms with Crippen LogP contribution in [0.3, 0.4) is 0 Å². The van der Waals surface area contributed by atoms with Gasteiger partial charge < -0.3 is 20.2 Å². The van der Waals surface area contributed by atoms with Crippen LogP contribution < -0.4 is 5.32 Å². The van der Waals surface area contributed by atoms with E-state index in [2.05, 4.69) is 36.5 Å². The predicted molar refractivity (Wildman–Crippen MR) is 104 cm³/mol. The number of nitrogens with zero attached hydrogens (tertiary/aromatic N) is 2. The molecule has 2 amide bonds. The maximum absolute atomic E-state index is 12.6. The quantitative estimate of drug-likeness (QED) is 0.834. The third kappa shape index (κ3) is 3.23. The van der Waals surface area contributed by atoms with E-state index in [1.54, 1.807) is 4.90 Å². The zero-order chi connectivity index (χ0) is 19.9. The van der Waals surface area contributed by atoms with Crippen molar-refractivity contribution in [2.75, 3.05) is 19.6 Å². The first kappa shape index (κ1) is 18.8. The molecule has 1 saturated carbocycles. The number of aliphatic carboxylic acids is 1. The van der Waals surface area contributed by atoms with Crippen molar-refractivity contribution < 1.29 is 19.5 Å². The van der Waals surface area contributed by atoms with Gasteiger partial charge in [-0.25, -0.2) is 4.79 Å². The monoisotopic (exact) mass is 385 g/mol. The van der Waals surface area contributed by atoms with Crippen molar-refractivity contribution in [1.82, 2.24) is 10.2 Å². The highest BCUT2D eigenvalue weighted by molar-refractivity contribution is 6.01. The number of carbonyl (C=O) groups excluding carboxylic acids is 1. The number of likely N-dealkylation sites (tertiary alicyclic amines) is 1. The van der Waals surface area contributed by atoms with Crippen LogP contribution in [0.5, 0.6) is 0 Å². The van der Waals surface area contributed by atoms with E-state index in [1.807, 2.05) is 6.07 Å². The van der Waals surface area contributed by atoms with Crippen molar-refractivity contribution in [1.29, 1.82) is 0 Å². The number of carboxylic acids is 1. The molecule has 1 aliphatic carbocycles. The first-order valence-corrected chi connectivity index (χ1v) is 9.95. The van der Waals surface area contributed by atoms with Gasteiger partial charge in [0.15, 0.2) is 6.10 Å². The van der Waals surface area contributed by atoms with Gasteiger partial charge in [0.05, 0.1) is 17.7 Å². The first-order valence-electron chi connectivity index (χ1n) is 9.95. The molecule has 1 saturated heterocycles. The molecule has 0 aromatic heterocycles. The minimum absolute atomic E-state index is 0.0678. The first-order chi connectivity index (χ1) is 13.4. The van der Waals surface area contributed by atoms with E-state index >= 15 is 0 Å². The molecular weight excluding hydrogens is 358 g/mol. The van der Waals surface area contributed by atoms with Gasteiger partial charge in [0.25, 0.3) is 0 Å². The lowest BCUT2D eigenvalue weighted by atomic mass is 9.81. The highest BCUT2D eigenvalue weighted by Gasteiger charge is 2.55. The lowest BCUT2D eigenvalue weighted by Crippen LogP contribution is -2.43. The van der Waals surface area contributed by atoms with Gasteiger partial charge in [-0.05, 0) is 55.4 Å². The van der Waals surface area contributed by atoms with Crippen molar-refractivity contribution in [3.8, 4) is 0 Å². The predicted octanol–water partition coefficient (Wildman–Crippen LogP) is 2.69. The second kappa shape index (κ2) is 7.11. The fraction of sp³-hybridized carbons (Fsp3) is 0.571. The molecule has 7 nitrogen and oxygen atoms in total. The van der Waals surface area contributed by atoms with Crippen molar-refractivity contribution in [3.05, 3.63) is 34.9 Å². The Morgan fingerprint density at radius 2 is 2.18 bits per heavy atom. The minimum Gasteiger partial charge on any atom is -0.481 e. The average molecular weight is 385 g/mol. The van der Waals surface area contributed by atoms with E-state index in [0.29, 0.717) is 32.5 Å².